The Morgan fingerprint density at radius 2 is 2.13 bits per heavy atom. The number of terminal acetylenes is 1. The molecule has 0 fully saturated rings. The van der Waals surface area contributed by atoms with Crippen molar-refractivity contribution in [3.8, 4) is 23.5 Å². The van der Waals surface area contributed by atoms with Crippen molar-refractivity contribution in [3.05, 3.63) is 45.4 Å². The molecule has 15 heavy (non-hydrogen) atoms. The van der Waals surface area contributed by atoms with Gasteiger partial charge in [0.15, 0.2) is 0 Å². The molecule has 2 rings (SSSR count). The minimum absolute atomic E-state index is 0.291. The molecule has 0 bridgehead atoms. The lowest BCUT2D eigenvalue weighted by atomic mass is 10.1. The van der Waals surface area contributed by atoms with E-state index >= 15 is 0 Å². The van der Waals surface area contributed by atoms with Crippen LogP contribution in [-0.4, -0.2) is 0 Å². The zero-order valence-corrected chi connectivity index (χ0v) is 9.20. The first-order valence-corrected chi connectivity index (χ1v) is 5.47. The van der Waals surface area contributed by atoms with E-state index in [-0.39, 0.29) is 5.82 Å². The molecule has 0 spiro atoms. The molecule has 0 aliphatic heterocycles. The fraction of sp³-hybridized carbons (Fsp3) is 0. The van der Waals surface area contributed by atoms with Gasteiger partial charge in [0, 0.05) is 10.6 Å². The first kappa shape index (κ1) is 10.2. The maximum Gasteiger partial charge on any atom is 0.131 e. The second kappa shape index (κ2) is 4.06. The summed E-state index contributed by atoms with van der Waals surface area (Å²) in [5.74, 6) is 2.22. The first-order valence-electron chi connectivity index (χ1n) is 4.21. The molecule has 0 aliphatic rings. The van der Waals surface area contributed by atoms with Crippen molar-refractivity contribution in [2.24, 2.45) is 0 Å². The molecular formula is C12H6ClFS. The van der Waals surface area contributed by atoms with Gasteiger partial charge in [0.1, 0.15) is 5.82 Å². The summed E-state index contributed by atoms with van der Waals surface area (Å²) in [5.41, 5.74) is 1.26. The van der Waals surface area contributed by atoms with Gasteiger partial charge in [-0.25, -0.2) is 4.39 Å². The zero-order valence-electron chi connectivity index (χ0n) is 7.63. The molecule has 1 heterocycles. The van der Waals surface area contributed by atoms with Crippen LogP contribution in [0.25, 0.3) is 11.1 Å². The largest absolute Gasteiger partial charge is 0.206 e. The standard InChI is InChI=1S/C12H6ClFS/c1-2-10-5-8(7-15-10)11-6-9(13)3-4-12(11)14/h1,3-7H. The highest BCUT2D eigenvalue weighted by molar-refractivity contribution is 7.11. The lowest BCUT2D eigenvalue weighted by Crippen LogP contribution is -1.81. The molecular weight excluding hydrogens is 231 g/mol. The molecule has 0 amide bonds. The topological polar surface area (TPSA) is 0 Å². The molecule has 0 unspecified atom stereocenters. The van der Waals surface area contributed by atoms with Gasteiger partial charge in [-0.2, -0.15) is 0 Å². The van der Waals surface area contributed by atoms with Crippen LogP contribution in [0.15, 0.2) is 29.6 Å². The lowest BCUT2D eigenvalue weighted by molar-refractivity contribution is 0.631. The molecule has 0 saturated heterocycles. The molecule has 0 nitrogen and oxygen atoms in total. The highest BCUT2D eigenvalue weighted by Gasteiger charge is 2.07. The van der Waals surface area contributed by atoms with Crippen LogP contribution in [0.5, 0.6) is 0 Å². The average Bonchev–Trinajstić information content (AvgIpc) is 2.70. The molecule has 74 valence electrons. The van der Waals surface area contributed by atoms with E-state index in [0.717, 1.165) is 10.4 Å². The molecule has 1 aromatic carbocycles. The number of thiophene rings is 1. The van der Waals surface area contributed by atoms with Crippen LogP contribution < -0.4 is 0 Å². The van der Waals surface area contributed by atoms with E-state index in [1.807, 2.05) is 5.38 Å². The zero-order chi connectivity index (χ0) is 10.8. The van der Waals surface area contributed by atoms with Crippen LogP contribution in [-0.2, 0) is 0 Å². The monoisotopic (exact) mass is 236 g/mol. The van der Waals surface area contributed by atoms with Gasteiger partial charge in [-0.3, -0.25) is 0 Å². The van der Waals surface area contributed by atoms with Crippen molar-refractivity contribution in [1.29, 1.82) is 0 Å². The van der Waals surface area contributed by atoms with E-state index in [1.165, 1.54) is 23.5 Å². The molecule has 1 aromatic heterocycles. The van der Waals surface area contributed by atoms with Gasteiger partial charge >= 0.3 is 0 Å². The van der Waals surface area contributed by atoms with Crippen molar-refractivity contribution < 1.29 is 4.39 Å². The van der Waals surface area contributed by atoms with Crippen molar-refractivity contribution in [3.63, 3.8) is 0 Å². The number of hydrogen-bond donors (Lipinski definition) is 0. The minimum atomic E-state index is -0.291. The van der Waals surface area contributed by atoms with Crippen molar-refractivity contribution in [1.82, 2.24) is 0 Å². The van der Waals surface area contributed by atoms with Gasteiger partial charge < -0.3 is 0 Å². The Balaban J connectivity index is 2.54. The fourth-order valence-corrected chi connectivity index (χ4v) is 2.16. The van der Waals surface area contributed by atoms with Crippen molar-refractivity contribution >= 4 is 22.9 Å². The quantitative estimate of drug-likeness (QED) is 0.652. The maximum atomic E-state index is 13.5. The molecule has 0 saturated carbocycles. The average molecular weight is 237 g/mol. The summed E-state index contributed by atoms with van der Waals surface area (Å²) in [4.78, 5) is 0.782. The number of rotatable bonds is 1. The SMILES string of the molecule is C#Cc1cc(-c2cc(Cl)ccc2F)cs1. The fourth-order valence-electron chi connectivity index (χ4n) is 1.27. The Labute approximate surface area is 96.3 Å². The third kappa shape index (κ3) is 2.04. The Bertz CT molecular complexity index is 537. The molecule has 0 aliphatic carbocycles. The third-order valence-electron chi connectivity index (χ3n) is 1.98. The molecule has 0 atom stereocenters. The minimum Gasteiger partial charge on any atom is -0.206 e. The second-order valence-electron chi connectivity index (χ2n) is 2.97. The Morgan fingerprint density at radius 3 is 2.80 bits per heavy atom. The van der Waals surface area contributed by atoms with E-state index in [4.69, 9.17) is 18.0 Å². The van der Waals surface area contributed by atoms with Crippen molar-refractivity contribution in [2.75, 3.05) is 0 Å². The summed E-state index contributed by atoms with van der Waals surface area (Å²) in [7, 11) is 0. The molecule has 3 heteroatoms. The summed E-state index contributed by atoms with van der Waals surface area (Å²) in [5, 5.41) is 2.34. The normalized spacial score (nSPS) is 9.93. The number of halogens is 2. The van der Waals surface area contributed by atoms with Crippen LogP contribution in [0.1, 0.15) is 4.88 Å². The van der Waals surface area contributed by atoms with E-state index < -0.39 is 0 Å². The maximum absolute atomic E-state index is 13.5. The summed E-state index contributed by atoms with van der Waals surface area (Å²) in [6, 6.07) is 6.25. The predicted molar refractivity (Wildman–Crippen MR) is 62.7 cm³/mol. The summed E-state index contributed by atoms with van der Waals surface area (Å²) < 4.78 is 13.5. The third-order valence-corrected chi connectivity index (χ3v) is 3.08. The Kier molecular flexibility index (Phi) is 2.77. The summed E-state index contributed by atoms with van der Waals surface area (Å²) in [6.45, 7) is 0. The van der Waals surface area contributed by atoms with Crippen LogP contribution in [0.2, 0.25) is 5.02 Å². The second-order valence-corrected chi connectivity index (χ2v) is 4.32. The van der Waals surface area contributed by atoms with Gasteiger partial charge in [-0.05, 0) is 35.2 Å². The van der Waals surface area contributed by atoms with Crippen molar-refractivity contribution in [2.45, 2.75) is 0 Å². The highest BCUT2D eigenvalue weighted by Crippen LogP contribution is 2.29. The Morgan fingerprint density at radius 1 is 1.33 bits per heavy atom. The van der Waals surface area contributed by atoms with E-state index in [1.54, 1.807) is 12.1 Å². The first-order chi connectivity index (χ1) is 7.20. The number of hydrogen-bond acceptors (Lipinski definition) is 1. The van der Waals surface area contributed by atoms with Crippen LogP contribution >= 0.6 is 22.9 Å². The highest BCUT2D eigenvalue weighted by atomic mass is 35.5. The predicted octanol–water partition coefficient (Wildman–Crippen LogP) is 4.19. The lowest BCUT2D eigenvalue weighted by Gasteiger charge is -2.00. The smallest absolute Gasteiger partial charge is 0.131 e. The molecule has 0 N–H and O–H groups in total. The van der Waals surface area contributed by atoms with Crippen LogP contribution in [0, 0.1) is 18.2 Å². The van der Waals surface area contributed by atoms with Gasteiger partial charge in [-0.1, -0.05) is 17.5 Å². The van der Waals surface area contributed by atoms with Crippen LogP contribution in [0.4, 0.5) is 4.39 Å². The van der Waals surface area contributed by atoms with E-state index in [9.17, 15) is 4.39 Å². The molecule has 0 radical (unpaired) electrons. The van der Waals surface area contributed by atoms with E-state index in [2.05, 4.69) is 5.92 Å². The number of benzene rings is 1. The van der Waals surface area contributed by atoms with Gasteiger partial charge in [0.25, 0.3) is 0 Å². The van der Waals surface area contributed by atoms with Gasteiger partial charge in [-0.15, -0.1) is 17.8 Å². The van der Waals surface area contributed by atoms with Gasteiger partial charge in [0.2, 0.25) is 0 Å². The Hall–Kier alpha value is -1.30. The summed E-state index contributed by atoms with van der Waals surface area (Å²) >= 11 is 7.22. The van der Waals surface area contributed by atoms with E-state index in [0.29, 0.717) is 10.6 Å². The molecule has 2 aromatic rings. The van der Waals surface area contributed by atoms with Crippen LogP contribution in [0.3, 0.4) is 0 Å². The summed E-state index contributed by atoms with van der Waals surface area (Å²) in [6.07, 6.45) is 5.25. The van der Waals surface area contributed by atoms with Gasteiger partial charge in [0.05, 0.1) is 4.88 Å².